The summed E-state index contributed by atoms with van der Waals surface area (Å²) in [5.41, 5.74) is 9.46. The zero-order valence-electron chi connectivity index (χ0n) is 13.8. The Balaban J connectivity index is 1.67. The van der Waals surface area contributed by atoms with Crippen molar-refractivity contribution in [3.8, 4) is 11.1 Å². The summed E-state index contributed by atoms with van der Waals surface area (Å²) in [4.78, 5) is 15.4. The second-order valence-electron chi connectivity index (χ2n) is 6.27. The predicted octanol–water partition coefficient (Wildman–Crippen LogP) is 4.23. The fraction of sp³-hybridized carbons (Fsp3) is 0.211. The number of nitrogens with one attached hydrogen (secondary N) is 1. The molecule has 1 unspecified atom stereocenters. The van der Waals surface area contributed by atoms with Crippen LogP contribution in [0.2, 0.25) is 0 Å². The van der Waals surface area contributed by atoms with Crippen molar-refractivity contribution in [1.82, 2.24) is 9.29 Å². The molecule has 1 atom stereocenters. The van der Waals surface area contributed by atoms with Gasteiger partial charge in [-0.2, -0.15) is 0 Å². The molecule has 3 N–H and O–H groups in total. The minimum absolute atomic E-state index is 0.210. The smallest absolute Gasteiger partial charge is 0.218 e. The van der Waals surface area contributed by atoms with Gasteiger partial charge in [0.2, 0.25) is 5.91 Å². The van der Waals surface area contributed by atoms with Gasteiger partial charge in [0, 0.05) is 46.6 Å². The van der Waals surface area contributed by atoms with E-state index in [4.69, 9.17) is 5.73 Å². The standard InChI is InChI=1S/C19H18FN3OS/c1-11-15-8-12(2-5-18(15)25-23(11)7-6-19(21)24)16-10-22-17-9-13(20)3-4-14(16)17/h2-5,8-11,22H,6-7H2,1H3,(H2,21,24). The number of nitrogens with zero attached hydrogens (tertiary/aromatic N) is 1. The van der Waals surface area contributed by atoms with E-state index in [0.29, 0.717) is 13.0 Å². The van der Waals surface area contributed by atoms with E-state index in [0.717, 1.165) is 22.0 Å². The van der Waals surface area contributed by atoms with E-state index >= 15 is 0 Å². The van der Waals surface area contributed by atoms with Crippen LogP contribution in [-0.2, 0) is 4.79 Å². The van der Waals surface area contributed by atoms with Crippen LogP contribution in [-0.4, -0.2) is 21.7 Å². The average Bonchev–Trinajstić information content (AvgIpc) is 3.13. The molecule has 0 aliphatic carbocycles. The van der Waals surface area contributed by atoms with E-state index in [1.54, 1.807) is 18.0 Å². The molecule has 0 radical (unpaired) electrons. The summed E-state index contributed by atoms with van der Waals surface area (Å²) in [5.74, 6) is -0.527. The summed E-state index contributed by atoms with van der Waals surface area (Å²) in [6, 6.07) is 11.4. The van der Waals surface area contributed by atoms with Crippen LogP contribution in [0, 0.1) is 5.82 Å². The van der Waals surface area contributed by atoms with Gasteiger partial charge in [-0.1, -0.05) is 6.07 Å². The number of carbonyl (C=O) groups is 1. The number of aromatic nitrogens is 1. The molecule has 0 saturated heterocycles. The highest BCUT2D eigenvalue weighted by Crippen LogP contribution is 2.45. The van der Waals surface area contributed by atoms with Gasteiger partial charge in [0.1, 0.15) is 5.82 Å². The maximum absolute atomic E-state index is 13.4. The van der Waals surface area contributed by atoms with Gasteiger partial charge >= 0.3 is 0 Å². The number of rotatable bonds is 4. The van der Waals surface area contributed by atoms with Gasteiger partial charge in [0.15, 0.2) is 0 Å². The highest BCUT2D eigenvalue weighted by molar-refractivity contribution is 7.97. The molecule has 1 aliphatic heterocycles. The van der Waals surface area contributed by atoms with Crippen molar-refractivity contribution in [1.29, 1.82) is 0 Å². The van der Waals surface area contributed by atoms with Gasteiger partial charge in [-0.05, 0) is 60.3 Å². The van der Waals surface area contributed by atoms with E-state index in [9.17, 15) is 9.18 Å². The Kier molecular flexibility index (Phi) is 4.01. The monoisotopic (exact) mass is 355 g/mol. The predicted molar refractivity (Wildman–Crippen MR) is 98.5 cm³/mol. The molecular weight excluding hydrogens is 337 g/mol. The first-order valence-corrected chi connectivity index (χ1v) is 8.94. The number of amides is 1. The summed E-state index contributed by atoms with van der Waals surface area (Å²) in [7, 11) is 0. The summed E-state index contributed by atoms with van der Waals surface area (Å²) in [5, 5.41) is 1.00. The van der Waals surface area contributed by atoms with Crippen LogP contribution < -0.4 is 5.73 Å². The molecule has 3 aromatic rings. The topological polar surface area (TPSA) is 62.1 Å². The highest BCUT2D eigenvalue weighted by atomic mass is 32.2. The van der Waals surface area contributed by atoms with E-state index in [1.165, 1.54) is 22.6 Å². The zero-order valence-corrected chi connectivity index (χ0v) is 14.6. The Labute approximate surface area is 149 Å². The third-order valence-electron chi connectivity index (χ3n) is 4.64. The number of fused-ring (bicyclic) bond motifs is 2. The molecular formula is C19H18FN3OS. The summed E-state index contributed by atoms with van der Waals surface area (Å²) < 4.78 is 15.6. The molecule has 0 bridgehead atoms. The highest BCUT2D eigenvalue weighted by Gasteiger charge is 2.28. The Morgan fingerprint density at radius 2 is 2.16 bits per heavy atom. The first kappa shape index (κ1) is 16.2. The lowest BCUT2D eigenvalue weighted by atomic mass is 9.99. The van der Waals surface area contributed by atoms with Gasteiger partial charge in [-0.15, -0.1) is 0 Å². The van der Waals surface area contributed by atoms with E-state index < -0.39 is 0 Å². The molecule has 2 aromatic carbocycles. The van der Waals surface area contributed by atoms with Crippen molar-refractivity contribution < 1.29 is 9.18 Å². The van der Waals surface area contributed by atoms with Crippen molar-refractivity contribution in [2.24, 2.45) is 5.73 Å². The number of aromatic amines is 1. The number of halogens is 1. The van der Waals surface area contributed by atoms with Crippen LogP contribution in [0.1, 0.15) is 24.9 Å². The minimum atomic E-state index is -0.282. The lowest BCUT2D eigenvalue weighted by Gasteiger charge is -2.18. The zero-order chi connectivity index (χ0) is 17.6. The van der Waals surface area contributed by atoms with Gasteiger partial charge in [0.05, 0.1) is 0 Å². The number of benzene rings is 2. The first-order chi connectivity index (χ1) is 12.0. The Morgan fingerprint density at radius 3 is 2.96 bits per heavy atom. The van der Waals surface area contributed by atoms with Crippen LogP contribution in [0.3, 0.4) is 0 Å². The van der Waals surface area contributed by atoms with Crippen LogP contribution in [0.5, 0.6) is 0 Å². The lowest BCUT2D eigenvalue weighted by Crippen LogP contribution is -2.22. The maximum Gasteiger partial charge on any atom is 0.218 e. The number of hydrogen-bond acceptors (Lipinski definition) is 3. The molecule has 128 valence electrons. The first-order valence-electron chi connectivity index (χ1n) is 8.17. The van der Waals surface area contributed by atoms with Crippen LogP contribution in [0.4, 0.5) is 4.39 Å². The van der Waals surface area contributed by atoms with Crippen LogP contribution >= 0.6 is 11.9 Å². The largest absolute Gasteiger partial charge is 0.370 e. The molecule has 1 amide bonds. The Bertz CT molecular complexity index is 968. The van der Waals surface area contributed by atoms with Crippen LogP contribution in [0.15, 0.2) is 47.5 Å². The number of primary amides is 1. The van der Waals surface area contributed by atoms with Crippen molar-refractivity contribution in [2.75, 3.05) is 6.54 Å². The second-order valence-corrected chi connectivity index (χ2v) is 7.36. The Morgan fingerprint density at radius 1 is 1.32 bits per heavy atom. The van der Waals surface area contributed by atoms with Crippen molar-refractivity contribution >= 4 is 28.8 Å². The van der Waals surface area contributed by atoms with E-state index in [-0.39, 0.29) is 17.8 Å². The number of nitrogens with two attached hydrogens (primary N) is 1. The molecule has 6 heteroatoms. The van der Waals surface area contributed by atoms with Gasteiger partial charge in [-0.25, -0.2) is 8.70 Å². The third kappa shape index (κ3) is 2.92. The van der Waals surface area contributed by atoms with Crippen molar-refractivity contribution in [3.63, 3.8) is 0 Å². The molecule has 1 aromatic heterocycles. The van der Waals surface area contributed by atoms with Gasteiger partial charge in [-0.3, -0.25) is 4.79 Å². The molecule has 0 spiro atoms. The Hall–Kier alpha value is -2.31. The lowest BCUT2D eigenvalue weighted by molar-refractivity contribution is -0.118. The fourth-order valence-electron chi connectivity index (χ4n) is 3.28. The summed E-state index contributed by atoms with van der Waals surface area (Å²) in [6.07, 6.45) is 2.27. The van der Waals surface area contributed by atoms with Crippen molar-refractivity contribution in [2.45, 2.75) is 24.3 Å². The molecule has 1 aliphatic rings. The summed E-state index contributed by atoms with van der Waals surface area (Å²) in [6.45, 7) is 2.77. The minimum Gasteiger partial charge on any atom is -0.370 e. The van der Waals surface area contributed by atoms with Crippen LogP contribution in [0.25, 0.3) is 22.0 Å². The third-order valence-corrected chi connectivity index (χ3v) is 5.94. The number of carbonyl (C=O) groups excluding carboxylic acids is 1. The second kappa shape index (κ2) is 6.20. The van der Waals surface area contributed by atoms with E-state index in [2.05, 4.69) is 34.4 Å². The number of H-pyrrole nitrogens is 1. The maximum atomic E-state index is 13.4. The molecule has 25 heavy (non-hydrogen) atoms. The molecule has 4 rings (SSSR count). The fourth-order valence-corrected chi connectivity index (χ4v) is 4.45. The van der Waals surface area contributed by atoms with Gasteiger partial charge in [0.25, 0.3) is 0 Å². The molecule has 0 fully saturated rings. The number of hydrogen-bond donors (Lipinski definition) is 2. The van der Waals surface area contributed by atoms with Gasteiger partial charge < -0.3 is 10.7 Å². The quantitative estimate of drug-likeness (QED) is 0.688. The van der Waals surface area contributed by atoms with Crippen molar-refractivity contribution in [3.05, 3.63) is 54.0 Å². The molecule has 2 heterocycles. The molecule has 4 nitrogen and oxygen atoms in total. The average molecular weight is 355 g/mol. The molecule has 0 saturated carbocycles. The summed E-state index contributed by atoms with van der Waals surface area (Å²) >= 11 is 1.67. The normalized spacial score (nSPS) is 17.1. The van der Waals surface area contributed by atoms with E-state index in [1.807, 2.05) is 6.20 Å². The SMILES string of the molecule is CC1c2cc(-c3c[nH]c4cc(F)ccc34)ccc2SN1CCC(N)=O.